The second-order valence-electron chi connectivity index (χ2n) is 7.39. The molecular formula is C25H23FN2O4. The number of carbonyl (C=O) groups excluding carboxylic acids is 2. The molecule has 0 aliphatic carbocycles. The zero-order chi connectivity index (χ0) is 22.7. The highest BCUT2D eigenvalue weighted by molar-refractivity contribution is 6.08. The molecule has 0 radical (unpaired) electrons. The fourth-order valence-electron chi connectivity index (χ4n) is 3.87. The Morgan fingerprint density at radius 3 is 2.47 bits per heavy atom. The first-order valence-electron chi connectivity index (χ1n) is 10.2. The summed E-state index contributed by atoms with van der Waals surface area (Å²) in [5.41, 5.74) is 3.35. The number of hydrogen-bond acceptors (Lipinski definition) is 4. The van der Waals surface area contributed by atoms with Crippen LogP contribution < -0.4 is 19.7 Å². The van der Waals surface area contributed by atoms with Crippen molar-refractivity contribution in [2.75, 3.05) is 25.7 Å². The third-order valence-electron chi connectivity index (χ3n) is 5.51. The summed E-state index contributed by atoms with van der Waals surface area (Å²) in [4.78, 5) is 27.5. The van der Waals surface area contributed by atoms with E-state index in [9.17, 15) is 14.0 Å². The number of halogens is 1. The van der Waals surface area contributed by atoms with Crippen molar-refractivity contribution >= 4 is 17.5 Å². The van der Waals surface area contributed by atoms with Gasteiger partial charge in [0.25, 0.3) is 11.8 Å². The van der Waals surface area contributed by atoms with Crippen molar-refractivity contribution in [2.45, 2.75) is 13.0 Å². The van der Waals surface area contributed by atoms with E-state index in [1.54, 1.807) is 37.3 Å². The number of carbonyl (C=O) groups is 2. The maximum Gasteiger partial charge on any atom is 0.258 e. The van der Waals surface area contributed by atoms with Gasteiger partial charge in [-0.15, -0.1) is 0 Å². The van der Waals surface area contributed by atoms with Gasteiger partial charge in [-0.2, -0.15) is 0 Å². The van der Waals surface area contributed by atoms with Crippen molar-refractivity contribution in [1.29, 1.82) is 0 Å². The number of methoxy groups -OCH3 is 2. The van der Waals surface area contributed by atoms with Crippen molar-refractivity contribution in [3.63, 3.8) is 0 Å². The maximum atomic E-state index is 13.2. The topological polar surface area (TPSA) is 67.9 Å². The van der Waals surface area contributed by atoms with Gasteiger partial charge in [-0.1, -0.05) is 12.1 Å². The molecule has 1 aliphatic heterocycles. The van der Waals surface area contributed by atoms with Gasteiger partial charge >= 0.3 is 0 Å². The number of hydrogen-bond donors (Lipinski definition) is 1. The summed E-state index contributed by atoms with van der Waals surface area (Å²) < 4.78 is 23.8. The predicted octanol–water partition coefficient (Wildman–Crippen LogP) is 3.98. The third-order valence-corrected chi connectivity index (χ3v) is 5.51. The normalized spacial score (nSPS) is 12.3. The molecule has 0 spiro atoms. The third kappa shape index (κ3) is 4.14. The van der Waals surface area contributed by atoms with Crippen molar-refractivity contribution in [1.82, 2.24) is 5.32 Å². The highest BCUT2D eigenvalue weighted by Crippen LogP contribution is 2.32. The Kier molecular flexibility index (Phi) is 6.07. The molecule has 0 saturated heterocycles. The van der Waals surface area contributed by atoms with Crippen LogP contribution in [0.2, 0.25) is 0 Å². The number of nitrogens with one attached hydrogen (secondary N) is 1. The van der Waals surface area contributed by atoms with Crippen LogP contribution in [-0.2, 0) is 13.0 Å². The molecule has 3 aromatic rings. The lowest BCUT2D eigenvalue weighted by molar-refractivity contribution is 0.0948. The molecule has 2 amide bonds. The maximum absolute atomic E-state index is 13.2. The largest absolute Gasteiger partial charge is 0.493 e. The predicted molar refractivity (Wildman–Crippen MR) is 119 cm³/mol. The van der Waals surface area contributed by atoms with Crippen molar-refractivity contribution in [2.24, 2.45) is 0 Å². The highest BCUT2D eigenvalue weighted by Gasteiger charge is 2.28. The molecular weight excluding hydrogens is 411 g/mol. The fourth-order valence-corrected chi connectivity index (χ4v) is 3.87. The van der Waals surface area contributed by atoms with Crippen LogP contribution in [-0.4, -0.2) is 32.6 Å². The molecule has 3 aromatic carbocycles. The molecule has 0 fully saturated rings. The van der Waals surface area contributed by atoms with E-state index in [4.69, 9.17) is 9.47 Å². The van der Waals surface area contributed by atoms with Gasteiger partial charge in [-0.05, 0) is 66.1 Å². The van der Waals surface area contributed by atoms with E-state index in [-0.39, 0.29) is 11.8 Å². The molecule has 6 nitrogen and oxygen atoms in total. The van der Waals surface area contributed by atoms with E-state index < -0.39 is 5.82 Å². The van der Waals surface area contributed by atoms with E-state index in [1.165, 1.54) is 24.3 Å². The molecule has 0 aromatic heterocycles. The molecule has 0 saturated carbocycles. The molecule has 1 heterocycles. The lowest BCUT2D eigenvalue weighted by Crippen LogP contribution is -2.28. The lowest BCUT2D eigenvalue weighted by atomic mass is 10.0. The van der Waals surface area contributed by atoms with Crippen LogP contribution >= 0.6 is 0 Å². The Balaban J connectivity index is 1.51. The zero-order valence-corrected chi connectivity index (χ0v) is 17.9. The Hall–Kier alpha value is -3.87. The average molecular weight is 434 g/mol. The summed E-state index contributed by atoms with van der Waals surface area (Å²) >= 11 is 0. The SMILES string of the molecule is COc1ccc(CNC(=O)c2cccc3c2CCN3C(=O)c2ccc(F)cc2)cc1OC. The smallest absolute Gasteiger partial charge is 0.258 e. The van der Waals surface area contributed by atoms with Crippen molar-refractivity contribution < 1.29 is 23.5 Å². The second-order valence-corrected chi connectivity index (χ2v) is 7.39. The summed E-state index contributed by atoms with van der Waals surface area (Å²) in [5.74, 6) is 0.389. The number of anilines is 1. The lowest BCUT2D eigenvalue weighted by Gasteiger charge is -2.18. The van der Waals surface area contributed by atoms with E-state index >= 15 is 0 Å². The molecule has 32 heavy (non-hydrogen) atoms. The molecule has 1 aliphatic rings. The summed E-state index contributed by atoms with van der Waals surface area (Å²) in [6, 6.07) is 16.3. The summed E-state index contributed by atoms with van der Waals surface area (Å²) in [5, 5.41) is 2.94. The van der Waals surface area contributed by atoms with Gasteiger partial charge in [-0.3, -0.25) is 9.59 Å². The zero-order valence-electron chi connectivity index (χ0n) is 17.9. The number of ether oxygens (including phenoxy) is 2. The summed E-state index contributed by atoms with van der Waals surface area (Å²) in [7, 11) is 3.13. The number of rotatable bonds is 6. The van der Waals surface area contributed by atoms with Crippen LogP contribution in [0.1, 0.15) is 31.8 Å². The molecule has 0 bridgehead atoms. The molecule has 0 unspecified atom stereocenters. The quantitative estimate of drug-likeness (QED) is 0.637. The van der Waals surface area contributed by atoms with Crippen molar-refractivity contribution in [3.8, 4) is 11.5 Å². The Bertz CT molecular complexity index is 1160. The highest BCUT2D eigenvalue weighted by atomic mass is 19.1. The van der Waals surface area contributed by atoms with Gasteiger partial charge in [0.1, 0.15) is 5.82 Å². The Labute approximate surface area is 185 Å². The van der Waals surface area contributed by atoms with Crippen LogP contribution in [0.4, 0.5) is 10.1 Å². The second kappa shape index (κ2) is 9.09. The standard InChI is InChI=1S/C25H23FN2O4/c1-31-22-11-6-16(14-23(22)32-2)15-27-24(29)20-4-3-5-21-19(20)12-13-28(21)25(30)17-7-9-18(26)10-8-17/h3-11,14H,12-13,15H2,1-2H3,(H,27,29). The van der Waals surface area contributed by atoms with Gasteiger partial charge in [0.2, 0.25) is 0 Å². The first kappa shape index (κ1) is 21.4. The van der Waals surface area contributed by atoms with Gasteiger partial charge in [-0.25, -0.2) is 4.39 Å². The molecule has 7 heteroatoms. The molecule has 164 valence electrons. The number of nitrogens with zero attached hydrogens (tertiary/aromatic N) is 1. The van der Waals surface area contributed by atoms with Gasteiger partial charge in [0.15, 0.2) is 11.5 Å². The minimum Gasteiger partial charge on any atom is -0.493 e. The summed E-state index contributed by atoms with van der Waals surface area (Å²) in [6.45, 7) is 0.784. The van der Waals surface area contributed by atoms with Crippen LogP contribution in [0.25, 0.3) is 0 Å². The van der Waals surface area contributed by atoms with E-state index in [0.29, 0.717) is 47.8 Å². The van der Waals surface area contributed by atoms with Gasteiger partial charge in [0.05, 0.1) is 14.2 Å². The average Bonchev–Trinajstić information content (AvgIpc) is 3.26. The number of benzene rings is 3. The van der Waals surface area contributed by atoms with Crippen LogP contribution in [0, 0.1) is 5.82 Å². The van der Waals surface area contributed by atoms with Crippen LogP contribution in [0.3, 0.4) is 0 Å². The first-order valence-corrected chi connectivity index (χ1v) is 10.2. The fraction of sp³-hybridized carbons (Fsp3) is 0.200. The van der Waals surface area contributed by atoms with E-state index in [2.05, 4.69) is 5.32 Å². The van der Waals surface area contributed by atoms with Gasteiger partial charge < -0.3 is 19.7 Å². The van der Waals surface area contributed by atoms with Gasteiger partial charge in [0, 0.05) is 29.9 Å². The van der Waals surface area contributed by atoms with E-state index in [0.717, 1.165) is 11.1 Å². The molecule has 0 atom stereocenters. The summed E-state index contributed by atoms with van der Waals surface area (Å²) in [6.07, 6.45) is 0.572. The Morgan fingerprint density at radius 1 is 1.00 bits per heavy atom. The number of amides is 2. The monoisotopic (exact) mass is 434 g/mol. The first-order chi connectivity index (χ1) is 15.5. The van der Waals surface area contributed by atoms with E-state index in [1.807, 2.05) is 18.2 Å². The minimum atomic E-state index is -0.392. The minimum absolute atomic E-state index is 0.215. The van der Waals surface area contributed by atoms with Crippen LogP contribution in [0.15, 0.2) is 60.7 Å². The van der Waals surface area contributed by atoms with Crippen molar-refractivity contribution in [3.05, 3.63) is 88.7 Å². The molecule has 4 rings (SSSR count). The Morgan fingerprint density at radius 2 is 1.75 bits per heavy atom. The van der Waals surface area contributed by atoms with Crippen LogP contribution in [0.5, 0.6) is 11.5 Å². The molecule has 1 N–H and O–H groups in total. The number of fused-ring (bicyclic) bond motifs is 1.